The van der Waals surface area contributed by atoms with Gasteiger partial charge in [0.15, 0.2) is 0 Å². The molecule has 4 atom stereocenters. The van der Waals surface area contributed by atoms with E-state index in [2.05, 4.69) is 5.10 Å². The van der Waals surface area contributed by atoms with Gasteiger partial charge in [0.1, 0.15) is 0 Å². The minimum absolute atomic E-state index is 0.795. The number of rotatable bonds is 0. The summed E-state index contributed by atoms with van der Waals surface area (Å²) in [5.74, 6) is 13.7. The van der Waals surface area contributed by atoms with Crippen LogP contribution in [-0.4, -0.2) is 5.71 Å². The monoisotopic (exact) mass is 216 g/mol. The zero-order valence-corrected chi connectivity index (χ0v) is 9.68. The molecule has 0 aliphatic heterocycles. The van der Waals surface area contributed by atoms with Gasteiger partial charge in [-0.2, -0.15) is 5.10 Å². The lowest BCUT2D eigenvalue weighted by Crippen LogP contribution is -2.65. The first-order valence-corrected chi connectivity index (χ1v) is 7.14. The molecule has 4 unspecified atom stereocenters. The highest BCUT2D eigenvalue weighted by Gasteiger charge is 2.65. The maximum atomic E-state index is 5.69. The van der Waals surface area contributed by atoms with Crippen LogP contribution in [0.4, 0.5) is 0 Å². The van der Waals surface area contributed by atoms with Crippen LogP contribution in [0.1, 0.15) is 32.1 Å². The zero-order valence-electron chi connectivity index (χ0n) is 9.68. The van der Waals surface area contributed by atoms with Gasteiger partial charge in [0.05, 0.1) is 0 Å². The largest absolute Gasteiger partial charge is 0.323 e. The highest BCUT2D eigenvalue weighted by Crippen LogP contribution is 2.70. The molecular formula is C14H20N2. The molecule has 0 aromatic rings. The van der Waals surface area contributed by atoms with Crippen molar-refractivity contribution in [2.24, 2.45) is 58.3 Å². The van der Waals surface area contributed by atoms with E-state index in [0.29, 0.717) is 0 Å². The molecular weight excluding hydrogens is 196 g/mol. The fourth-order valence-corrected chi connectivity index (χ4v) is 6.83. The highest BCUT2D eigenvalue weighted by atomic mass is 15.1. The van der Waals surface area contributed by atoms with Crippen LogP contribution in [0.2, 0.25) is 0 Å². The lowest BCUT2D eigenvalue weighted by Gasteiger charge is -2.69. The maximum absolute atomic E-state index is 5.69. The van der Waals surface area contributed by atoms with Gasteiger partial charge in [-0.25, -0.2) is 0 Å². The molecule has 0 spiro atoms. The van der Waals surface area contributed by atoms with Crippen LogP contribution >= 0.6 is 0 Å². The molecule has 0 amide bonds. The third-order valence-corrected chi connectivity index (χ3v) is 6.96. The molecule has 2 heteroatoms. The number of hydrogen-bond acceptors (Lipinski definition) is 2. The van der Waals surface area contributed by atoms with Gasteiger partial charge in [0, 0.05) is 11.6 Å². The van der Waals surface area contributed by atoms with Crippen LogP contribution in [-0.2, 0) is 0 Å². The lowest BCUT2D eigenvalue weighted by atomic mass is 9.35. The van der Waals surface area contributed by atoms with Gasteiger partial charge in [-0.05, 0) is 73.5 Å². The second kappa shape index (κ2) is 2.49. The Morgan fingerprint density at radius 3 is 2.00 bits per heavy atom. The summed E-state index contributed by atoms with van der Waals surface area (Å²) in [6, 6.07) is 0. The van der Waals surface area contributed by atoms with Crippen molar-refractivity contribution in [2.75, 3.05) is 0 Å². The van der Waals surface area contributed by atoms with E-state index in [-0.39, 0.29) is 0 Å². The van der Waals surface area contributed by atoms with Crippen LogP contribution < -0.4 is 5.84 Å². The van der Waals surface area contributed by atoms with Crippen molar-refractivity contribution in [1.82, 2.24) is 0 Å². The van der Waals surface area contributed by atoms with Gasteiger partial charge in [0.2, 0.25) is 0 Å². The predicted octanol–water partition coefficient (Wildman–Crippen LogP) is 2.25. The summed E-state index contributed by atoms with van der Waals surface area (Å²) in [5.41, 5.74) is 1.45. The molecule has 7 rings (SSSR count). The smallest absolute Gasteiger partial charge is 0.0443 e. The van der Waals surface area contributed by atoms with Gasteiger partial charge in [-0.1, -0.05) is 0 Å². The van der Waals surface area contributed by atoms with E-state index in [1.165, 1.54) is 31.4 Å². The highest BCUT2D eigenvalue weighted by molar-refractivity contribution is 5.91. The number of hydrogen-bond donors (Lipinski definition) is 1. The fourth-order valence-electron chi connectivity index (χ4n) is 6.83. The van der Waals surface area contributed by atoms with E-state index in [1.807, 2.05) is 0 Å². The van der Waals surface area contributed by atoms with Crippen molar-refractivity contribution in [3.63, 3.8) is 0 Å². The van der Waals surface area contributed by atoms with Crippen LogP contribution in [0.5, 0.6) is 0 Å². The standard InChI is InChI=1S/C14H20N2/c15-16-14-7-4-9-8-1-6-2-11(9)13(14)12(3-6)10(8)5-7/h6-13H,1-5,15H2/b16-14+. The molecule has 7 aliphatic carbocycles. The summed E-state index contributed by atoms with van der Waals surface area (Å²) >= 11 is 0. The third-order valence-electron chi connectivity index (χ3n) is 6.96. The topological polar surface area (TPSA) is 38.4 Å². The SMILES string of the molecule is N/N=C1\C2CC3C4CC5CC3C1C(C5)C4C2. The Bertz CT molecular complexity index is 364. The Labute approximate surface area is 96.7 Å². The maximum Gasteiger partial charge on any atom is 0.0443 e. The van der Waals surface area contributed by atoms with Crippen LogP contribution in [0.3, 0.4) is 0 Å². The summed E-state index contributed by atoms with van der Waals surface area (Å²) < 4.78 is 0. The predicted molar refractivity (Wildman–Crippen MR) is 62.6 cm³/mol. The second-order valence-electron chi connectivity index (χ2n) is 7.14. The summed E-state index contributed by atoms with van der Waals surface area (Å²) in [7, 11) is 0. The van der Waals surface area contributed by atoms with Gasteiger partial charge < -0.3 is 5.84 Å². The van der Waals surface area contributed by atoms with E-state index in [1.54, 1.807) is 6.42 Å². The van der Waals surface area contributed by atoms with E-state index in [4.69, 9.17) is 5.84 Å². The average molecular weight is 216 g/mol. The van der Waals surface area contributed by atoms with Gasteiger partial charge in [-0.15, -0.1) is 0 Å². The van der Waals surface area contributed by atoms with Crippen molar-refractivity contribution in [3.05, 3.63) is 0 Å². The minimum Gasteiger partial charge on any atom is -0.323 e. The Balaban J connectivity index is 1.70. The Morgan fingerprint density at radius 2 is 1.38 bits per heavy atom. The molecule has 2 N–H and O–H groups in total. The van der Waals surface area contributed by atoms with Crippen LogP contribution in [0, 0.1) is 47.3 Å². The Hall–Kier alpha value is -0.530. The molecule has 0 aromatic carbocycles. The summed E-state index contributed by atoms with van der Waals surface area (Å²) in [4.78, 5) is 0. The molecule has 0 aromatic heterocycles. The van der Waals surface area contributed by atoms with E-state index in [0.717, 1.165) is 47.3 Å². The molecule has 0 heterocycles. The van der Waals surface area contributed by atoms with E-state index >= 15 is 0 Å². The van der Waals surface area contributed by atoms with Gasteiger partial charge in [0.25, 0.3) is 0 Å². The van der Waals surface area contributed by atoms with E-state index < -0.39 is 0 Å². The van der Waals surface area contributed by atoms with Crippen LogP contribution in [0.15, 0.2) is 5.10 Å². The van der Waals surface area contributed by atoms with Crippen LogP contribution in [0.25, 0.3) is 0 Å². The molecule has 16 heavy (non-hydrogen) atoms. The second-order valence-corrected chi connectivity index (χ2v) is 7.14. The lowest BCUT2D eigenvalue weighted by molar-refractivity contribution is -0.156. The van der Waals surface area contributed by atoms with Gasteiger partial charge in [-0.3, -0.25) is 0 Å². The molecule has 86 valence electrons. The van der Waals surface area contributed by atoms with E-state index in [9.17, 15) is 0 Å². The normalized spacial score (nSPS) is 67.1. The molecule has 7 aliphatic rings. The van der Waals surface area contributed by atoms with Crippen molar-refractivity contribution in [2.45, 2.75) is 32.1 Å². The zero-order chi connectivity index (χ0) is 10.4. The first kappa shape index (κ1) is 8.54. The molecule has 7 fully saturated rings. The molecule has 0 saturated heterocycles. The van der Waals surface area contributed by atoms with Crippen molar-refractivity contribution < 1.29 is 0 Å². The molecule has 2 nitrogen and oxygen atoms in total. The molecule has 7 saturated carbocycles. The summed E-state index contributed by atoms with van der Waals surface area (Å²) in [5, 5.41) is 4.23. The molecule has 0 radical (unpaired) electrons. The van der Waals surface area contributed by atoms with Gasteiger partial charge >= 0.3 is 0 Å². The number of hydrazone groups is 1. The summed E-state index contributed by atoms with van der Waals surface area (Å²) in [6.07, 6.45) is 7.49. The van der Waals surface area contributed by atoms with Crippen molar-refractivity contribution in [3.8, 4) is 0 Å². The quantitative estimate of drug-likeness (QED) is 0.489. The third kappa shape index (κ3) is 0.733. The molecule has 8 bridgehead atoms. The number of nitrogens with zero attached hydrogens (tertiary/aromatic N) is 1. The average Bonchev–Trinajstić information content (AvgIpc) is 2.33. The van der Waals surface area contributed by atoms with Crippen molar-refractivity contribution >= 4 is 5.71 Å². The fraction of sp³-hybridized carbons (Fsp3) is 0.929. The first-order valence-electron chi connectivity index (χ1n) is 7.14. The van der Waals surface area contributed by atoms with Crippen molar-refractivity contribution in [1.29, 1.82) is 0 Å². The first-order chi connectivity index (χ1) is 7.86. The Kier molecular flexibility index (Phi) is 1.33. The minimum atomic E-state index is 0.795. The summed E-state index contributed by atoms with van der Waals surface area (Å²) in [6.45, 7) is 0. The number of nitrogens with two attached hydrogens (primary N) is 1. The Morgan fingerprint density at radius 1 is 0.812 bits per heavy atom.